The van der Waals surface area contributed by atoms with E-state index >= 15 is 0 Å². The van der Waals surface area contributed by atoms with Gasteiger partial charge in [-0.05, 0) is 24.1 Å². The zero-order chi connectivity index (χ0) is 10.4. The summed E-state index contributed by atoms with van der Waals surface area (Å²) in [5.74, 6) is 0.177. The van der Waals surface area contributed by atoms with Crippen molar-refractivity contribution < 1.29 is 9.90 Å². The highest BCUT2D eigenvalue weighted by molar-refractivity contribution is 6.64. The van der Waals surface area contributed by atoms with Crippen molar-refractivity contribution in [3.63, 3.8) is 0 Å². The van der Waals surface area contributed by atoms with Gasteiger partial charge >= 0.3 is 0 Å². The van der Waals surface area contributed by atoms with Gasteiger partial charge in [0.05, 0.1) is 12.6 Å². The lowest BCUT2D eigenvalue weighted by Gasteiger charge is -2.29. The van der Waals surface area contributed by atoms with Crippen LogP contribution in [0.15, 0.2) is 0 Å². The Morgan fingerprint density at radius 1 is 1.54 bits per heavy atom. The molecule has 0 spiro atoms. The monoisotopic (exact) mass is 207 g/mol. The van der Waals surface area contributed by atoms with Crippen LogP contribution in [0.25, 0.3) is 0 Å². The molecule has 0 saturated heterocycles. The van der Waals surface area contributed by atoms with Crippen LogP contribution < -0.4 is 0 Å². The molecule has 1 atom stereocenters. The summed E-state index contributed by atoms with van der Waals surface area (Å²) in [6.07, 6.45) is 0. The quantitative estimate of drug-likeness (QED) is 0.663. The molecule has 0 aromatic rings. The number of likely N-dealkylation sites (N-methyl/N-ethyl adjacent to an activating group) is 1. The number of aliphatic hydroxyl groups excluding tert-OH is 1. The molecule has 0 bridgehead atoms. The number of aliphatic hydroxyl groups is 1. The molecule has 78 valence electrons. The van der Waals surface area contributed by atoms with E-state index in [1.807, 2.05) is 25.7 Å². The van der Waals surface area contributed by atoms with Gasteiger partial charge in [0, 0.05) is 6.54 Å². The molecule has 0 rings (SSSR count). The average molecular weight is 208 g/mol. The summed E-state index contributed by atoms with van der Waals surface area (Å²) in [5, 5.41) is 8.44. The molecule has 0 heterocycles. The SMILES string of the molecule is CCN(CCO)C(C(=O)Cl)C(C)C. The molecule has 0 amide bonds. The van der Waals surface area contributed by atoms with Crippen LogP contribution in [0.1, 0.15) is 20.8 Å². The lowest BCUT2D eigenvalue weighted by Crippen LogP contribution is -2.44. The van der Waals surface area contributed by atoms with Crippen LogP contribution in [0.5, 0.6) is 0 Å². The fourth-order valence-corrected chi connectivity index (χ4v) is 1.84. The van der Waals surface area contributed by atoms with E-state index in [-0.39, 0.29) is 23.8 Å². The molecule has 0 radical (unpaired) electrons. The number of carbonyl (C=O) groups is 1. The molecule has 0 fully saturated rings. The van der Waals surface area contributed by atoms with Crippen LogP contribution in [0.4, 0.5) is 0 Å². The van der Waals surface area contributed by atoms with Crippen molar-refractivity contribution in [1.82, 2.24) is 4.90 Å². The van der Waals surface area contributed by atoms with Crippen molar-refractivity contribution >= 4 is 16.8 Å². The summed E-state index contributed by atoms with van der Waals surface area (Å²) in [6.45, 7) is 7.13. The minimum atomic E-state index is -0.342. The van der Waals surface area contributed by atoms with Gasteiger partial charge in [-0.15, -0.1) is 0 Å². The Kier molecular flexibility index (Phi) is 6.29. The van der Waals surface area contributed by atoms with Crippen LogP contribution in [-0.4, -0.2) is 41.0 Å². The molecule has 3 nitrogen and oxygen atoms in total. The third-order valence-corrected chi connectivity index (χ3v) is 2.27. The van der Waals surface area contributed by atoms with Crippen molar-refractivity contribution in [2.24, 2.45) is 5.92 Å². The number of halogens is 1. The first-order valence-corrected chi connectivity index (χ1v) is 4.96. The predicted octanol–water partition coefficient (Wildman–Crippen LogP) is 1.09. The molecule has 0 aliphatic heterocycles. The highest BCUT2D eigenvalue weighted by Gasteiger charge is 2.25. The largest absolute Gasteiger partial charge is 0.395 e. The van der Waals surface area contributed by atoms with Crippen LogP contribution >= 0.6 is 11.6 Å². The van der Waals surface area contributed by atoms with Gasteiger partial charge in [0.2, 0.25) is 5.24 Å². The topological polar surface area (TPSA) is 40.5 Å². The summed E-state index contributed by atoms with van der Waals surface area (Å²) in [7, 11) is 0. The van der Waals surface area contributed by atoms with E-state index in [4.69, 9.17) is 16.7 Å². The first kappa shape index (κ1) is 12.9. The zero-order valence-electron chi connectivity index (χ0n) is 8.46. The molecule has 1 unspecified atom stereocenters. The van der Waals surface area contributed by atoms with E-state index in [1.54, 1.807) is 0 Å². The maximum absolute atomic E-state index is 11.1. The second-order valence-corrected chi connectivity index (χ2v) is 3.72. The summed E-state index contributed by atoms with van der Waals surface area (Å²) in [4.78, 5) is 13.0. The van der Waals surface area contributed by atoms with Crippen LogP contribution in [0.2, 0.25) is 0 Å². The number of hydrogen-bond donors (Lipinski definition) is 1. The Morgan fingerprint density at radius 2 is 2.08 bits per heavy atom. The fourth-order valence-electron chi connectivity index (χ4n) is 1.45. The van der Waals surface area contributed by atoms with E-state index in [1.165, 1.54) is 0 Å². The minimum Gasteiger partial charge on any atom is -0.395 e. The summed E-state index contributed by atoms with van der Waals surface area (Å²) >= 11 is 5.49. The van der Waals surface area contributed by atoms with E-state index < -0.39 is 0 Å². The van der Waals surface area contributed by atoms with Gasteiger partial charge in [0.25, 0.3) is 0 Å². The van der Waals surface area contributed by atoms with Crippen LogP contribution in [-0.2, 0) is 4.79 Å². The average Bonchev–Trinajstić information content (AvgIpc) is 2.02. The Labute approximate surface area is 84.7 Å². The molecule has 0 saturated carbocycles. The molecule has 0 aromatic carbocycles. The molecule has 0 aliphatic carbocycles. The maximum atomic E-state index is 11.1. The summed E-state index contributed by atoms with van der Waals surface area (Å²) in [5.41, 5.74) is 0. The molecular weight excluding hydrogens is 190 g/mol. The van der Waals surface area contributed by atoms with E-state index in [9.17, 15) is 4.79 Å². The van der Waals surface area contributed by atoms with E-state index in [2.05, 4.69) is 0 Å². The Balaban J connectivity index is 4.39. The number of hydrogen-bond acceptors (Lipinski definition) is 3. The second-order valence-electron chi connectivity index (χ2n) is 3.35. The zero-order valence-corrected chi connectivity index (χ0v) is 9.21. The third-order valence-electron chi connectivity index (χ3n) is 2.05. The molecular formula is C9H18ClNO2. The van der Waals surface area contributed by atoms with Gasteiger partial charge in [-0.3, -0.25) is 9.69 Å². The highest BCUT2D eigenvalue weighted by atomic mass is 35.5. The predicted molar refractivity (Wildman–Crippen MR) is 53.8 cm³/mol. The standard InChI is InChI=1S/C9H18ClNO2/c1-4-11(5-6-12)8(7(2)3)9(10)13/h7-8,12H,4-6H2,1-3H3. The van der Waals surface area contributed by atoms with Gasteiger partial charge in [-0.2, -0.15) is 0 Å². The number of rotatable bonds is 6. The Bertz CT molecular complexity index is 162. The van der Waals surface area contributed by atoms with Gasteiger partial charge in [0.1, 0.15) is 0 Å². The summed E-state index contributed by atoms with van der Waals surface area (Å²) in [6, 6.07) is -0.279. The van der Waals surface area contributed by atoms with Crippen molar-refractivity contribution in [1.29, 1.82) is 0 Å². The van der Waals surface area contributed by atoms with Gasteiger partial charge in [-0.1, -0.05) is 20.8 Å². The van der Waals surface area contributed by atoms with Gasteiger partial charge in [-0.25, -0.2) is 0 Å². The Morgan fingerprint density at radius 3 is 2.31 bits per heavy atom. The van der Waals surface area contributed by atoms with E-state index in [0.29, 0.717) is 6.54 Å². The van der Waals surface area contributed by atoms with Crippen molar-refractivity contribution in [2.75, 3.05) is 19.7 Å². The first-order chi connectivity index (χ1) is 6.04. The molecule has 1 N–H and O–H groups in total. The third kappa shape index (κ3) is 4.07. The molecule has 0 aromatic heterocycles. The minimum absolute atomic E-state index is 0.0568. The van der Waals surface area contributed by atoms with Crippen molar-refractivity contribution in [2.45, 2.75) is 26.8 Å². The lowest BCUT2D eigenvalue weighted by molar-refractivity contribution is -0.118. The molecule has 0 aliphatic rings. The van der Waals surface area contributed by atoms with Gasteiger partial charge < -0.3 is 5.11 Å². The maximum Gasteiger partial charge on any atom is 0.239 e. The highest BCUT2D eigenvalue weighted by Crippen LogP contribution is 2.13. The first-order valence-electron chi connectivity index (χ1n) is 4.58. The van der Waals surface area contributed by atoms with Crippen molar-refractivity contribution in [3.8, 4) is 0 Å². The molecule has 4 heteroatoms. The smallest absolute Gasteiger partial charge is 0.239 e. The van der Waals surface area contributed by atoms with Gasteiger partial charge in [0.15, 0.2) is 0 Å². The lowest BCUT2D eigenvalue weighted by atomic mass is 10.0. The molecule has 13 heavy (non-hydrogen) atoms. The van der Waals surface area contributed by atoms with Crippen molar-refractivity contribution in [3.05, 3.63) is 0 Å². The number of carbonyl (C=O) groups excluding carboxylic acids is 1. The second kappa shape index (κ2) is 6.35. The van der Waals surface area contributed by atoms with E-state index in [0.717, 1.165) is 6.54 Å². The fraction of sp³-hybridized carbons (Fsp3) is 0.889. The summed E-state index contributed by atoms with van der Waals surface area (Å²) < 4.78 is 0. The van der Waals surface area contributed by atoms with Crippen LogP contribution in [0, 0.1) is 5.92 Å². The van der Waals surface area contributed by atoms with Crippen LogP contribution in [0.3, 0.4) is 0 Å². The Hall–Kier alpha value is -0.120. The normalized spacial score (nSPS) is 13.8. The number of nitrogens with zero attached hydrogens (tertiary/aromatic N) is 1.